The summed E-state index contributed by atoms with van der Waals surface area (Å²) in [5, 5.41) is 2.99. The zero-order valence-electron chi connectivity index (χ0n) is 14.2. The number of carbonyl (C=O) groups is 1. The van der Waals surface area contributed by atoms with Crippen molar-refractivity contribution in [3.63, 3.8) is 0 Å². The first-order chi connectivity index (χ1) is 12.3. The minimum atomic E-state index is -0.144. The molecule has 2 aromatic carbocycles. The van der Waals surface area contributed by atoms with E-state index < -0.39 is 0 Å². The minimum Gasteiger partial charge on any atom is -0.351 e. The zero-order valence-corrected chi connectivity index (χ0v) is 14.2. The van der Waals surface area contributed by atoms with E-state index in [2.05, 4.69) is 34.3 Å². The SMILES string of the molecule is CCC(CNC(=O)c1cnc(-c2ccccc2)nc1)c1ccccc1. The largest absolute Gasteiger partial charge is 0.351 e. The predicted molar refractivity (Wildman–Crippen MR) is 99.3 cm³/mol. The van der Waals surface area contributed by atoms with Gasteiger partial charge in [0, 0.05) is 30.4 Å². The summed E-state index contributed by atoms with van der Waals surface area (Å²) in [6.45, 7) is 2.72. The molecule has 0 aliphatic rings. The van der Waals surface area contributed by atoms with Crippen molar-refractivity contribution in [3.8, 4) is 11.4 Å². The predicted octanol–water partition coefficient (Wildman–Crippen LogP) is 4.07. The van der Waals surface area contributed by atoms with Gasteiger partial charge in [0.15, 0.2) is 5.82 Å². The third kappa shape index (κ3) is 4.29. The molecule has 0 fully saturated rings. The number of nitrogens with one attached hydrogen (secondary N) is 1. The van der Waals surface area contributed by atoms with Crippen molar-refractivity contribution in [2.75, 3.05) is 6.54 Å². The van der Waals surface area contributed by atoms with Gasteiger partial charge < -0.3 is 5.32 Å². The van der Waals surface area contributed by atoms with Crippen LogP contribution in [-0.4, -0.2) is 22.4 Å². The fourth-order valence-corrected chi connectivity index (χ4v) is 2.72. The van der Waals surface area contributed by atoms with Gasteiger partial charge in [-0.3, -0.25) is 4.79 Å². The highest BCUT2D eigenvalue weighted by Gasteiger charge is 2.12. The van der Waals surface area contributed by atoms with Crippen LogP contribution in [0.5, 0.6) is 0 Å². The maximum absolute atomic E-state index is 12.4. The lowest BCUT2D eigenvalue weighted by molar-refractivity contribution is 0.0950. The maximum atomic E-state index is 12.4. The van der Waals surface area contributed by atoms with Gasteiger partial charge in [0.1, 0.15) is 0 Å². The Balaban J connectivity index is 1.63. The van der Waals surface area contributed by atoms with Crippen LogP contribution in [-0.2, 0) is 0 Å². The van der Waals surface area contributed by atoms with Crippen LogP contribution >= 0.6 is 0 Å². The van der Waals surface area contributed by atoms with Crippen molar-refractivity contribution in [1.29, 1.82) is 0 Å². The van der Waals surface area contributed by atoms with E-state index in [1.54, 1.807) is 12.4 Å². The van der Waals surface area contributed by atoms with Crippen molar-refractivity contribution < 1.29 is 4.79 Å². The Labute approximate surface area is 148 Å². The van der Waals surface area contributed by atoms with E-state index in [4.69, 9.17) is 0 Å². The molecule has 1 atom stereocenters. The Morgan fingerprint density at radius 3 is 2.16 bits per heavy atom. The third-order valence-electron chi connectivity index (χ3n) is 4.22. The first-order valence-corrected chi connectivity index (χ1v) is 8.48. The number of rotatable bonds is 6. The molecule has 0 radical (unpaired) electrons. The molecule has 3 aromatic rings. The fourth-order valence-electron chi connectivity index (χ4n) is 2.72. The number of benzene rings is 2. The summed E-state index contributed by atoms with van der Waals surface area (Å²) < 4.78 is 0. The molecule has 1 heterocycles. The van der Waals surface area contributed by atoms with Crippen molar-refractivity contribution in [2.24, 2.45) is 0 Å². The molecule has 1 N–H and O–H groups in total. The molecule has 0 aliphatic carbocycles. The van der Waals surface area contributed by atoms with Crippen LogP contribution in [0, 0.1) is 0 Å². The summed E-state index contributed by atoms with van der Waals surface area (Å²) in [4.78, 5) is 21.0. The van der Waals surface area contributed by atoms with Gasteiger partial charge in [-0.15, -0.1) is 0 Å². The number of carbonyl (C=O) groups excluding carboxylic acids is 1. The first-order valence-electron chi connectivity index (χ1n) is 8.48. The number of hydrogen-bond donors (Lipinski definition) is 1. The van der Waals surface area contributed by atoms with Crippen LogP contribution in [0.1, 0.15) is 35.2 Å². The topological polar surface area (TPSA) is 54.9 Å². The summed E-state index contributed by atoms with van der Waals surface area (Å²) in [6, 6.07) is 20.0. The molecule has 1 unspecified atom stereocenters. The average Bonchev–Trinajstić information content (AvgIpc) is 2.70. The Bertz CT molecular complexity index is 802. The second-order valence-electron chi connectivity index (χ2n) is 5.89. The molecule has 126 valence electrons. The van der Waals surface area contributed by atoms with Crippen LogP contribution < -0.4 is 5.32 Å². The number of nitrogens with zero attached hydrogens (tertiary/aromatic N) is 2. The highest BCUT2D eigenvalue weighted by atomic mass is 16.1. The summed E-state index contributed by atoms with van der Waals surface area (Å²) in [6.07, 6.45) is 4.12. The molecule has 1 amide bonds. The van der Waals surface area contributed by atoms with Crippen molar-refractivity contribution in [1.82, 2.24) is 15.3 Å². The first kappa shape index (κ1) is 16.8. The van der Waals surface area contributed by atoms with Gasteiger partial charge in [-0.1, -0.05) is 67.6 Å². The van der Waals surface area contributed by atoms with E-state index in [1.165, 1.54) is 5.56 Å². The van der Waals surface area contributed by atoms with E-state index in [0.717, 1.165) is 12.0 Å². The molecular weight excluding hydrogens is 310 g/mol. The maximum Gasteiger partial charge on any atom is 0.254 e. The van der Waals surface area contributed by atoms with Crippen LogP contribution in [0.3, 0.4) is 0 Å². The molecule has 4 nitrogen and oxygen atoms in total. The van der Waals surface area contributed by atoms with E-state index >= 15 is 0 Å². The van der Waals surface area contributed by atoms with Gasteiger partial charge in [0.2, 0.25) is 0 Å². The third-order valence-corrected chi connectivity index (χ3v) is 4.22. The summed E-state index contributed by atoms with van der Waals surface area (Å²) in [5.41, 5.74) is 2.65. The van der Waals surface area contributed by atoms with Gasteiger partial charge >= 0.3 is 0 Å². The van der Waals surface area contributed by atoms with Gasteiger partial charge in [0.25, 0.3) is 5.91 Å². The lowest BCUT2D eigenvalue weighted by Gasteiger charge is -2.16. The van der Waals surface area contributed by atoms with Crippen LogP contribution in [0.15, 0.2) is 73.1 Å². The van der Waals surface area contributed by atoms with Crippen molar-refractivity contribution >= 4 is 5.91 Å². The van der Waals surface area contributed by atoms with Crippen LogP contribution in [0.2, 0.25) is 0 Å². The van der Waals surface area contributed by atoms with Gasteiger partial charge in [-0.2, -0.15) is 0 Å². The second-order valence-corrected chi connectivity index (χ2v) is 5.89. The monoisotopic (exact) mass is 331 g/mol. The second kappa shape index (κ2) is 8.20. The van der Waals surface area contributed by atoms with Gasteiger partial charge in [0.05, 0.1) is 5.56 Å². The van der Waals surface area contributed by atoms with E-state index in [0.29, 0.717) is 23.9 Å². The summed E-state index contributed by atoms with van der Waals surface area (Å²) >= 11 is 0. The molecule has 0 aliphatic heterocycles. The Morgan fingerprint density at radius 1 is 0.960 bits per heavy atom. The van der Waals surface area contributed by atoms with Gasteiger partial charge in [-0.25, -0.2) is 9.97 Å². The van der Waals surface area contributed by atoms with Crippen LogP contribution in [0.25, 0.3) is 11.4 Å². The lowest BCUT2D eigenvalue weighted by Crippen LogP contribution is -2.28. The molecule has 0 bridgehead atoms. The highest BCUT2D eigenvalue weighted by Crippen LogP contribution is 2.18. The summed E-state index contributed by atoms with van der Waals surface area (Å²) in [5.74, 6) is 0.775. The normalized spacial score (nSPS) is 11.7. The van der Waals surface area contributed by atoms with E-state index in [1.807, 2.05) is 48.5 Å². The Morgan fingerprint density at radius 2 is 1.56 bits per heavy atom. The highest BCUT2D eigenvalue weighted by molar-refractivity contribution is 5.93. The Kier molecular flexibility index (Phi) is 5.52. The number of hydrogen-bond acceptors (Lipinski definition) is 3. The van der Waals surface area contributed by atoms with E-state index in [-0.39, 0.29) is 5.91 Å². The number of aromatic nitrogens is 2. The Hall–Kier alpha value is -3.01. The molecule has 0 spiro atoms. The molecular formula is C21H21N3O. The number of amides is 1. The van der Waals surface area contributed by atoms with Crippen molar-refractivity contribution in [2.45, 2.75) is 19.3 Å². The van der Waals surface area contributed by atoms with E-state index in [9.17, 15) is 4.79 Å². The molecule has 25 heavy (non-hydrogen) atoms. The molecule has 1 aromatic heterocycles. The fraction of sp³-hybridized carbons (Fsp3) is 0.190. The summed E-state index contributed by atoms with van der Waals surface area (Å²) in [7, 11) is 0. The lowest BCUT2D eigenvalue weighted by atomic mass is 9.96. The zero-order chi connectivity index (χ0) is 17.5. The molecule has 0 saturated carbocycles. The average molecular weight is 331 g/mol. The molecule has 4 heteroatoms. The smallest absolute Gasteiger partial charge is 0.254 e. The van der Waals surface area contributed by atoms with Gasteiger partial charge in [-0.05, 0) is 12.0 Å². The molecule has 0 saturated heterocycles. The van der Waals surface area contributed by atoms with Crippen molar-refractivity contribution in [3.05, 3.63) is 84.2 Å². The minimum absolute atomic E-state index is 0.144. The molecule has 3 rings (SSSR count). The quantitative estimate of drug-likeness (QED) is 0.741. The standard InChI is InChI=1S/C21H21N3O/c1-2-16(17-9-5-3-6-10-17)13-24-21(25)19-14-22-20(23-15-19)18-11-7-4-8-12-18/h3-12,14-16H,2,13H2,1H3,(H,24,25). The van der Waals surface area contributed by atoms with Crippen LogP contribution in [0.4, 0.5) is 0 Å².